The van der Waals surface area contributed by atoms with E-state index in [9.17, 15) is 23.5 Å². The van der Waals surface area contributed by atoms with Crippen molar-refractivity contribution in [1.82, 2.24) is 19.5 Å². The van der Waals surface area contributed by atoms with Crippen LogP contribution in [-0.4, -0.2) is 64.1 Å². The number of nitrogens with zero attached hydrogens (tertiary/aromatic N) is 7. The molecule has 0 aliphatic carbocycles. The molecule has 0 saturated carbocycles. The lowest BCUT2D eigenvalue weighted by atomic mass is 10.1. The number of anilines is 1. The zero-order chi connectivity index (χ0) is 28.8. The number of imidazole rings is 1. The van der Waals surface area contributed by atoms with Crippen molar-refractivity contribution in [3.8, 4) is 11.8 Å². The average Bonchev–Trinajstić information content (AvgIpc) is 3.40. The Morgan fingerprint density at radius 3 is 2.67 bits per heavy atom. The molecule has 0 amide bonds. The second kappa shape index (κ2) is 12.8. The van der Waals surface area contributed by atoms with Crippen LogP contribution >= 0.6 is 23.5 Å². The number of nitrogens with two attached hydrogens (primary N) is 1. The Labute approximate surface area is 219 Å². The average molecular weight is 612 g/mol. The third-order valence-electron chi connectivity index (χ3n) is 4.90. The summed E-state index contributed by atoms with van der Waals surface area (Å²) in [7, 11) is -16.7. The number of nitrogen functional groups attached to an aromatic ring is 1. The van der Waals surface area contributed by atoms with Crippen LogP contribution in [0.25, 0.3) is 21.6 Å². The Hall–Kier alpha value is -2.45. The number of azide groups is 1. The quantitative estimate of drug-likeness (QED) is 0.0708. The van der Waals surface area contributed by atoms with Crippen LogP contribution in [0.2, 0.25) is 0 Å². The van der Waals surface area contributed by atoms with Gasteiger partial charge in [0.05, 0.1) is 19.0 Å². The monoisotopic (exact) mass is 612 g/mol. The van der Waals surface area contributed by atoms with Gasteiger partial charge < -0.3 is 34.8 Å². The van der Waals surface area contributed by atoms with E-state index in [2.05, 4.69) is 45.4 Å². The van der Waals surface area contributed by atoms with Crippen LogP contribution in [-0.2, 0) is 36.3 Å². The second-order valence-corrected chi connectivity index (χ2v) is 12.1. The van der Waals surface area contributed by atoms with Gasteiger partial charge in [0.15, 0.2) is 11.5 Å². The van der Waals surface area contributed by atoms with Crippen LogP contribution in [0, 0.1) is 11.8 Å². The van der Waals surface area contributed by atoms with Crippen LogP contribution in [0.3, 0.4) is 0 Å². The molecule has 6 N–H and O–H groups in total. The number of fused-ring (bicyclic) bond motifs is 1. The van der Waals surface area contributed by atoms with Crippen LogP contribution < -0.4 is 5.73 Å². The smallest absolute Gasteiger partial charge is 0.382 e. The van der Waals surface area contributed by atoms with Crippen molar-refractivity contribution in [3.63, 3.8) is 0 Å². The fourth-order valence-corrected chi connectivity index (χ4v) is 6.48. The van der Waals surface area contributed by atoms with Crippen molar-refractivity contribution >= 4 is 40.4 Å². The van der Waals surface area contributed by atoms with E-state index >= 15 is 0 Å². The standard InChI is InChI=1S/C16H23N8O12P3/c1-2-3-4-5-12(22-23-18)33-10-6-13(24-9-21-14-15(17)19-8-20-16(14)24)34-11(10)7-32-38(28,29)36-39(30,31)35-37(25,26)27/h8-13H,4-7H2,1H3,(H,28,29)(H,30,31)(H2,17,19,20)(H2,25,26,27)/t10?,11-,12?,13-/m1/s1. The van der Waals surface area contributed by atoms with Gasteiger partial charge in [0.2, 0.25) is 0 Å². The molecule has 1 saturated heterocycles. The minimum atomic E-state index is -5.72. The van der Waals surface area contributed by atoms with E-state index in [-0.39, 0.29) is 24.2 Å². The van der Waals surface area contributed by atoms with Crippen molar-refractivity contribution in [2.75, 3.05) is 12.3 Å². The first-order chi connectivity index (χ1) is 18.2. The van der Waals surface area contributed by atoms with Crippen molar-refractivity contribution in [2.24, 2.45) is 5.11 Å². The molecular formula is C16H23N8O12P3. The van der Waals surface area contributed by atoms with Crippen molar-refractivity contribution in [3.05, 3.63) is 23.1 Å². The first-order valence-electron chi connectivity index (χ1n) is 10.7. The number of phosphoric ester groups is 1. The summed E-state index contributed by atoms with van der Waals surface area (Å²) >= 11 is 0. The molecule has 3 rings (SSSR count). The molecule has 6 atom stereocenters. The van der Waals surface area contributed by atoms with Gasteiger partial charge in [-0.15, -0.1) is 11.8 Å². The zero-order valence-electron chi connectivity index (χ0n) is 19.9. The third-order valence-corrected chi connectivity index (χ3v) is 8.70. The highest BCUT2D eigenvalue weighted by molar-refractivity contribution is 7.66. The van der Waals surface area contributed by atoms with Gasteiger partial charge in [-0.25, -0.2) is 28.6 Å². The summed E-state index contributed by atoms with van der Waals surface area (Å²) < 4.78 is 60.1. The molecule has 0 radical (unpaired) electrons. The summed E-state index contributed by atoms with van der Waals surface area (Å²) in [6, 6.07) is 0. The first kappa shape index (κ1) is 31.1. The molecular weight excluding hydrogens is 589 g/mol. The maximum atomic E-state index is 12.2. The molecule has 1 fully saturated rings. The minimum Gasteiger partial charge on any atom is -0.382 e. The highest BCUT2D eigenvalue weighted by atomic mass is 31.3. The molecule has 0 spiro atoms. The largest absolute Gasteiger partial charge is 0.490 e. The van der Waals surface area contributed by atoms with E-state index in [1.807, 2.05) is 0 Å². The molecule has 4 unspecified atom stereocenters. The predicted octanol–water partition coefficient (Wildman–Crippen LogP) is 1.86. The van der Waals surface area contributed by atoms with Crippen LogP contribution in [0.5, 0.6) is 0 Å². The summed E-state index contributed by atoms with van der Waals surface area (Å²) in [4.78, 5) is 51.4. The number of phosphoric acid groups is 3. The van der Waals surface area contributed by atoms with Gasteiger partial charge in [-0.3, -0.25) is 9.09 Å². The summed E-state index contributed by atoms with van der Waals surface area (Å²) in [5.41, 5.74) is 15.3. The molecule has 1 aliphatic heterocycles. The molecule has 1 aliphatic rings. The van der Waals surface area contributed by atoms with Gasteiger partial charge in [-0.05, 0) is 18.9 Å². The molecule has 2 aromatic heterocycles. The van der Waals surface area contributed by atoms with Crippen LogP contribution in [0.1, 0.15) is 32.4 Å². The lowest BCUT2D eigenvalue weighted by Crippen LogP contribution is -2.32. The van der Waals surface area contributed by atoms with Crippen molar-refractivity contribution < 1.29 is 55.9 Å². The number of hydrogen-bond donors (Lipinski definition) is 5. The molecule has 0 aromatic carbocycles. The second-order valence-electron chi connectivity index (χ2n) is 7.63. The molecule has 2 aromatic rings. The lowest BCUT2D eigenvalue weighted by molar-refractivity contribution is -0.0794. The molecule has 23 heteroatoms. The third kappa shape index (κ3) is 9.04. The predicted molar refractivity (Wildman–Crippen MR) is 129 cm³/mol. The highest BCUT2D eigenvalue weighted by Gasteiger charge is 2.44. The summed E-state index contributed by atoms with van der Waals surface area (Å²) in [5, 5.41) is 3.58. The van der Waals surface area contributed by atoms with Gasteiger partial charge in [0, 0.05) is 17.8 Å². The van der Waals surface area contributed by atoms with Gasteiger partial charge in [0.1, 0.15) is 30.4 Å². The normalized spacial score (nSPS) is 23.3. The lowest BCUT2D eigenvalue weighted by Gasteiger charge is -2.23. The number of rotatable bonds is 13. The van der Waals surface area contributed by atoms with E-state index in [4.69, 9.17) is 35.0 Å². The Balaban J connectivity index is 1.81. The molecule has 20 nitrogen and oxygen atoms in total. The van der Waals surface area contributed by atoms with E-state index in [0.29, 0.717) is 12.1 Å². The maximum Gasteiger partial charge on any atom is 0.490 e. The fourth-order valence-electron chi connectivity index (χ4n) is 3.45. The highest BCUT2D eigenvalue weighted by Crippen LogP contribution is 2.66. The van der Waals surface area contributed by atoms with E-state index in [0.717, 1.165) is 0 Å². The zero-order valence-corrected chi connectivity index (χ0v) is 22.6. The molecule has 214 valence electrons. The van der Waals surface area contributed by atoms with Gasteiger partial charge in [-0.1, -0.05) is 5.11 Å². The Bertz CT molecular complexity index is 1430. The number of aromatic nitrogens is 4. The summed E-state index contributed by atoms with van der Waals surface area (Å²) in [6.07, 6.45) is -0.855. The SMILES string of the molecule is CC#CCCC(N=[N+]=[N-])OC1C[C@H](n2cnc3c(N)ncnc32)O[C@@H]1COP(=O)(O)OP(=O)(O)OP(=O)(O)O. The Morgan fingerprint density at radius 2 is 2.00 bits per heavy atom. The Kier molecular flexibility index (Phi) is 10.2. The van der Waals surface area contributed by atoms with Crippen molar-refractivity contribution in [1.29, 1.82) is 0 Å². The maximum absolute atomic E-state index is 12.2. The van der Waals surface area contributed by atoms with E-state index in [1.165, 1.54) is 17.2 Å². The van der Waals surface area contributed by atoms with Crippen molar-refractivity contribution in [2.45, 2.75) is 50.8 Å². The summed E-state index contributed by atoms with van der Waals surface area (Å²) in [6.45, 7) is 0.829. The topological polar surface area (TPSA) is 297 Å². The summed E-state index contributed by atoms with van der Waals surface area (Å²) in [5.74, 6) is 5.60. The van der Waals surface area contributed by atoms with Crippen LogP contribution in [0.15, 0.2) is 17.8 Å². The molecule has 39 heavy (non-hydrogen) atoms. The molecule has 0 bridgehead atoms. The van der Waals surface area contributed by atoms with Gasteiger partial charge in [-0.2, -0.15) is 8.62 Å². The van der Waals surface area contributed by atoms with E-state index < -0.39 is 54.7 Å². The van der Waals surface area contributed by atoms with Gasteiger partial charge in [0.25, 0.3) is 0 Å². The fraction of sp³-hybridized carbons (Fsp3) is 0.562. The van der Waals surface area contributed by atoms with Crippen LogP contribution in [0.4, 0.5) is 5.82 Å². The molecule has 3 heterocycles. The number of ether oxygens (including phenoxy) is 2. The van der Waals surface area contributed by atoms with Gasteiger partial charge >= 0.3 is 23.5 Å². The minimum absolute atomic E-state index is 0.0523. The number of hydrogen-bond acceptors (Lipinski definition) is 13. The Morgan fingerprint density at radius 1 is 1.26 bits per heavy atom. The first-order valence-corrected chi connectivity index (χ1v) is 15.2. The van der Waals surface area contributed by atoms with E-state index in [1.54, 1.807) is 6.92 Å².